The first-order chi connectivity index (χ1) is 5.74. The average Bonchev–Trinajstić information content (AvgIpc) is 2.04. The molecular weight excluding hydrogens is 166 g/mol. The van der Waals surface area contributed by atoms with Crippen LogP contribution in [0.5, 0.6) is 0 Å². The van der Waals surface area contributed by atoms with E-state index in [9.17, 15) is 0 Å². The fourth-order valence-electron chi connectivity index (χ4n) is 0.978. The highest BCUT2D eigenvalue weighted by atomic mass is 32.1. The van der Waals surface area contributed by atoms with Crippen LogP contribution in [0.3, 0.4) is 0 Å². The average molecular weight is 177 g/mol. The summed E-state index contributed by atoms with van der Waals surface area (Å²) in [5.74, 6) is 0. The molecule has 12 heavy (non-hydrogen) atoms. The molecule has 0 saturated heterocycles. The van der Waals surface area contributed by atoms with Gasteiger partial charge in [-0.05, 0) is 18.6 Å². The summed E-state index contributed by atoms with van der Waals surface area (Å²) in [4.78, 5) is 0.768. The predicted molar refractivity (Wildman–Crippen MR) is 58.4 cm³/mol. The number of para-hydroxylation sites is 1. The van der Waals surface area contributed by atoms with Crippen LogP contribution in [-0.2, 0) is 0 Å². The summed E-state index contributed by atoms with van der Waals surface area (Å²) in [6.07, 6.45) is 1.81. The Morgan fingerprint density at radius 1 is 1.50 bits per heavy atom. The second-order valence-corrected chi connectivity index (χ2v) is 3.08. The van der Waals surface area contributed by atoms with Crippen molar-refractivity contribution in [1.82, 2.24) is 0 Å². The van der Waals surface area contributed by atoms with Gasteiger partial charge in [-0.15, -0.1) is 0 Å². The molecule has 0 aliphatic carbocycles. The highest BCUT2D eigenvalue weighted by Gasteiger charge is 1.96. The fourth-order valence-corrected chi connectivity index (χ4v) is 1.09. The van der Waals surface area contributed by atoms with Gasteiger partial charge in [-0.1, -0.05) is 43.1 Å². The third kappa shape index (κ3) is 2.17. The third-order valence-electron chi connectivity index (χ3n) is 1.49. The Balaban J connectivity index is 2.96. The van der Waals surface area contributed by atoms with Crippen molar-refractivity contribution in [2.24, 2.45) is 0 Å². The van der Waals surface area contributed by atoms with Crippen molar-refractivity contribution in [3.8, 4) is 0 Å². The lowest BCUT2D eigenvalue weighted by Crippen LogP contribution is -2.04. The molecule has 0 spiro atoms. The molecule has 0 aliphatic rings. The van der Waals surface area contributed by atoms with Gasteiger partial charge in [0.1, 0.15) is 0 Å². The van der Waals surface area contributed by atoms with Crippen molar-refractivity contribution in [1.29, 1.82) is 0 Å². The van der Waals surface area contributed by atoms with E-state index >= 15 is 0 Å². The first-order valence-corrected chi connectivity index (χ1v) is 4.14. The maximum Gasteiger partial charge on any atom is 0.0765 e. The van der Waals surface area contributed by atoms with Gasteiger partial charge in [-0.25, -0.2) is 0 Å². The fraction of sp³-hybridized carbons (Fsp3) is 0.100. The molecule has 0 heterocycles. The van der Waals surface area contributed by atoms with Gasteiger partial charge in [0.05, 0.1) is 4.99 Å². The molecule has 0 aliphatic heterocycles. The molecule has 0 unspecified atom stereocenters. The summed E-state index contributed by atoms with van der Waals surface area (Å²) in [5.41, 5.74) is 2.08. The lowest BCUT2D eigenvalue weighted by molar-refractivity contribution is 1.60. The van der Waals surface area contributed by atoms with Crippen molar-refractivity contribution in [2.75, 3.05) is 5.32 Å². The van der Waals surface area contributed by atoms with Gasteiger partial charge in [-0.3, -0.25) is 0 Å². The molecule has 0 bridgehead atoms. The zero-order valence-electron chi connectivity index (χ0n) is 7.00. The monoisotopic (exact) mass is 177 g/mol. The van der Waals surface area contributed by atoms with E-state index < -0.39 is 0 Å². The van der Waals surface area contributed by atoms with E-state index in [0.717, 1.165) is 16.2 Å². The number of anilines is 1. The second-order valence-electron chi connectivity index (χ2n) is 2.47. The van der Waals surface area contributed by atoms with E-state index in [1.807, 2.05) is 31.2 Å². The second kappa shape index (κ2) is 4.02. The molecular formula is C10H11NS. The van der Waals surface area contributed by atoms with E-state index in [1.54, 1.807) is 6.08 Å². The van der Waals surface area contributed by atoms with Gasteiger partial charge < -0.3 is 5.32 Å². The number of nitrogens with one attached hydrogen (secondary N) is 1. The zero-order chi connectivity index (χ0) is 8.97. The molecule has 0 saturated carbocycles. The van der Waals surface area contributed by atoms with E-state index in [4.69, 9.17) is 12.2 Å². The van der Waals surface area contributed by atoms with Gasteiger partial charge in [-0.2, -0.15) is 0 Å². The first kappa shape index (κ1) is 8.94. The predicted octanol–water partition coefficient (Wildman–Crippen LogP) is 3.09. The van der Waals surface area contributed by atoms with E-state index in [2.05, 4.69) is 11.9 Å². The molecule has 2 heteroatoms. The summed E-state index contributed by atoms with van der Waals surface area (Å²) >= 11 is 4.94. The van der Waals surface area contributed by atoms with Gasteiger partial charge >= 0.3 is 0 Å². The number of thiocarbonyl (C=S) groups is 1. The minimum atomic E-state index is 0.768. The van der Waals surface area contributed by atoms with Crippen molar-refractivity contribution < 1.29 is 0 Å². The topological polar surface area (TPSA) is 12.0 Å². The lowest BCUT2D eigenvalue weighted by atomic mass is 10.2. The van der Waals surface area contributed by atoms with Crippen molar-refractivity contribution in [2.45, 2.75) is 6.92 Å². The highest BCUT2D eigenvalue weighted by molar-refractivity contribution is 7.80. The van der Waals surface area contributed by atoms with Crippen LogP contribution in [-0.4, -0.2) is 4.99 Å². The van der Waals surface area contributed by atoms with Crippen molar-refractivity contribution >= 4 is 29.0 Å². The summed E-state index contributed by atoms with van der Waals surface area (Å²) < 4.78 is 0. The van der Waals surface area contributed by atoms with Crippen molar-refractivity contribution in [3.63, 3.8) is 0 Å². The van der Waals surface area contributed by atoms with Gasteiger partial charge in [0, 0.05) is 5.69 Å². The van der Waals surface area contributed by atoms with Gasteiger partial charge in [0.15, 0.2) is 0 Å². The minimum Gasteiger partial charge on any atom is -0.350 e. The minimum absolute atomic E-state index is 0.768. The lowest BCUT2D eigenvalue weighted by Gasteiger charge is -2.06. The molecule has 1 aromatic rings. The van der Waals surface area contributed by atoms with Gasteiger partial charge in [0.2, 0.25) is 0 Å². The van der Waals surface area contributed by atoms with Crippen LogP contribution in [0.2, 0.25) is 0 Å². The molecule has 1 rings (SSSR count). The largest absolute Gasteiger partial charge is 0.350 e. The van der Waals surface area contributed by atoms with Crippen molar-refractivity contribution in [3.05, 3.63) is 36.4 Å². The molecule has 0 amide bonds. The zero-order valence-corrected chi connectivity index (χ0v) is 7.82. The molecule has 62 valence electrons. The SMILES string of the molecule is C=Cc1ccccc1NC(C)=S. The Morgan fingerprint density at radius 3 is 2.75 bits per heavy atom. The van der Waals surface area contributed by atoms with Crippen LogP contribution in [0, 0.1) is 0 Å². The summed E-state index contributed by atoms with van der Waals surface area (Å²) in [6, 6.07) is 7.91. The Labute approximate surface area is 78.1 Å². The summed E-state index contributed by atoms with van der Waals surface area (Å²) in [5, 5.41) is 3.08. The number of rotatable bonds is 2. The Kier molecular flexibility index (Phi) is 3.00. The number of benzene rings is 1. The first-order valence-electron chi connectivity index (χ1n) is 3.73. The Bertz CT molecular complexity index is 304. The molecule has 0 fully saturated rings. The Morgan fingerprint density at radius 2 is 2.17 bits per heavy atom. The molecule has 1 N–H and O–H groups in total. The van der Waals surface area contributed by atoms with Gasteiger partial charge in [0.25, 0.3) is 0 Å². The van der Waals surface area contributed by atoms with Crippen LogP contribution in [0.25, 0.3) is 6.08 Å². The molecule has 1 aromatic carbocycles. The van der Waals surface area contributed by atoms with E-state index in [0.29, 0.717) is 0 Å². The quantitative estimate of drug-likeness (QED) is 0.697. The standard InChI is InChI=1S/C10H11NS/c1-3-9-6-4-5-7-10(9)11-8(2)12/h3-7H,1H2,2H3,(H,11,12). The number of hydrogen-bond acceptors (Lipinski definition) is 1. The van der Waals surface area contributed by atoms with Crippen LogP contribution in [0.15, 0.2) is 30.8 Å². The normalized spacial score (nSPS) is 9.08. The van der Waals surface area contributed by atoms with Crippen LogP contribution < -0.4 is 5.32 Å². The third-order valence-corrected chi connectivity index (χ3v) is 1.59. The molecule has 1 nitrogen and oxygen atoms in total. The highest BCUT2D eigenvalue weighted by Crippen LogP contribution is 2.15. The molecule has 0 aromatic heterocycles. The molecule has 0 radical (unpaired) electrons. The maximum absolute atomic E-state index is 4.94. The van der Waals surface area contributed by atoms with Crippen LogP contribution in [0.4, 0.5) is 5.69 Å². The molecule has 0 atom stereocenters. The Hall–Kier alpha value is -1.15. The smallest absolute Gasteiger partial charge is 0.0765 e. The summed E-state index contributed by atoms with van der Waals surface area (Å²) in [7, 11) is 0. The van der Waals surface area contributed by atoms with E-state index in [-0.39, 0.29) is 0 Å². The van der Waals surface area contributed by atoms with Crippen LogP contribution >= 0.6 is 12.2 Å². The number of hydrogen-bond donors (Lipinski definition) is 1. The maximum atomic E-state index is 4.94. The van der Waals surface area contributed by atoms with Crippen LogP contribution in [0.1, 0.15) is 12.5 Å². The summed E-state index contributed by atoms with van der Waals surface area (Å²) in [6.45, 7) is 5.57. The van der Waals surface area contributed by atoms with E-state index in [1.165, 1.54) is 0 Å².